The van der Waals surface area contributed by atoms with Crippen molar-refractivity contribution in [2.75, 3.05) is 31.1 Å². The number of fused-ring (bicyclic) bond motifs is 1. The molecule has 2 heterocycles. The average molecular weight is 335 g/mol. The molecule has 2 atom stereocenters. The minimum Gasteiger partial charge on any atom is -0.366 e. The van der Waals surface area contributed by atoms with Crippen LogP contribution >= 0.6 is 0 Å². The first-order valence-electron chi connectivity index (χ1n) is 9.67. The number of likely N-dealkylation sites (tertiary alicyclic amines) is 1. The normalized spacial score (nSPS) is 23.6. The van der Waals surface area contributed by atoms with E-state index in [0.717, 1.165) is 26.1 Å². The van der Waals surface area contributed by atoms with Crippen LogP contribution in [0.2, 0.25) is 0 Å². The van der Waals surface area contributed by atoms with Gasteiger partial charge in [0.25, 0.3) is 0 Å². The molecule has 132 valence electrons. The second kappa shape index (κ2) is 7.59. The van der Waals surface area contributed by atoms with Crippen LogP contribution in [0.1, 0.15) is 36.3 Å². The van der Waals surface area contributed by atoms with Crippen molar-refractivity contribution < 1.29 is 0 Å². The van der Waals surface area contributed by atoms with E-state index in [2.05, 4.69) is 64.4 Å². The van der Waals surface area contributed by atoms with Gasteiger partial charge in [-0.05, 0) is 49.5 Å². The Hall–Kier alpha value is -1.84. The Morgan fingerprint density at radius 3 is 2.60 bits per heavy atom. The number of hydrogen-bond acceptors (Lipinski definition) is 3. The molecule has 2 unspecified atom stereocenters. The molecule has 1 saturated heterocycles. The van der Waals surface area contributed by atoms with E-state index in [1.165, 1.54) is 42.7 Å². The van der Waals surface area contributed by atoms with Crippen LogP contribution in [0.5, 0.6) is 0 Å². The van der Waals surface area contributed by atoms with Gasteiger partial charge in [-0.15, -0.1) is 0 Å². The third kappa shape index (κ3) is 3.58. The van der Waals surface area contributed by atoms with E-state index in [-0.39, 0.29) is 0 Å². The molecule has 2 N–H and O–H groups in total. The van der Waals surface area contributed by atoms with Gasteiger partial charge in [0.2, 0.25) is 0 Å². The van der Waals surface area contributed by atoms with E-state index in [1.807, 2.05) is 0 Å². The highest BCUT2D eigenvalue weighted by Gasteiger charge is 2.34. The van der Waals surface area contributed by atoms with Gasteiger partial charge >= 0.3 is 0 Å². The van der Waals surface area contributed by atoms with Crippen molar-refractivity contribution >= 4 is 5.69 Å². The zero-order valence-corrected chi connectivity index (χ0v) is 15.0. The van der Waals surface area contributed by atoms with Gasteiger partial charge in [0, 0.05) is 37.3 Å². The lowest BCUT2D eigenvalue weighted by molar-refractivity contribution is 0.196. The topological polar surface area (TPSA) is 32.5 Å². The molecule has 2 aliphatic rings. The molecule has 0 aromatic heterocycles. The van der Waals surface area contributed by atoms with Crippen molar-refractivity contribution in [3.63, 3.8) is 0 Å². The predicted octanol–water partition coefficient (Wildman–Crippen LogP) is 3.60. The van der Waals surface area contributed by atoms with E-state index in [9.17, 15) is 0 Å². The van der Waals surface area contributed by atoms with Crippen molar-refractivity contribution in [1.82, 2.24) is 4.90 Å². The molecule has 4 rings (SSSR count). The monoisotopic (exact) mass is 335 g/mol. The van der Waals surface area contributed by atoms with E-state index in [4.69, 9.17) is 5.73 Å². The summed E-state index contributed by atoms with van der Waals surface area (Å²) in [6.07, 6.45) is 3.68. The molecule has 1 fully saturated rings. The number of piperidine rings is 1. The lowest BCUT2D eigenvalue weighted by Gasteiger charge is -2.39. The number of nitrogens with zero attached hydrogens (tertiary/aromatic N) is 2. The molecule has 3 nitrogen and oxygen atoms in total. The Labute approximate surface area is 151 Å². The number of para-hydroxylation sites is 1. The largest absolute Gasteiger partial charge is 0.366 e. The molecule has 0 saturated carbocycles. The summed E-state index contributed by atoms with van der Waals surface area (Å²) in [4.78, 5) is 5.30. The number of rotatable bonds is 5. The van der Waals surface area contributed by atoms with Crippen molar-refractivity contribution in [2.45, 2.75) is 37.8 Å². The molecule has 2 aromatic rings. The van der Waals surface area contributed by atoms with Crippen LogP contribution in [0, 0.1) is 0 Å². The van der Waals surface area contributed by atoms with E-state index >= 15 is 0 Å². The summed E-state index contributed by atoms with van der Waals surface area (Å²) in [5.74, 6) is 0.602. The summed E-state index contributed by atoms with van der Waals surface area (Å²) < 4.78 is 0. The van der Waals surface area contributed by atoms with Gasteiger partial charge in [-0.2, -0.15) is 0 Å². The SMILES string of the molecule is NCCC1CN(C2CCCN(Cc3ccccc3)C2)c2ccccc21. The fourth-order valence-corrected chi connectivity index (χ4v) is 4.59. The molecule has 0 radical (unpaired) electrons. The fraction of sp³-hybridized carbons (Fsp3) is 0.455. The van der Waals surface area contributed by atoms with Crippen LogP contribution in [-0.4, -0.2) is 37.1 Å². The smallest absolute Gasteiger partial charge is 0.0418 e. The Morgan fingerprint density at radius 1 is 0.960 bits per heavy atom. The first kappa shape index (κ1) is 16.6. The Balaban J connectivity index is 1.48. The highest BCUT2D eigenvalue weighted by atomic mass is 15.2. The third-order valence-electron chi connectivity index (χ3n) is 5.79. The minimum atomic E-state index is 0.602. The van der Waals surface area contributed by atoms with Gasteiger partial charge in [-0.3, -0.25) is 4.90 Å². The maximum Gasteiger partial charge on any atom is 0.0418 e. The Kier molecular flexibility index (Phi) is 5.04. The van der Waals surface area contributed by atoms with Crippen LogP contribution < -0.4 is 10.6 Å². The zero-order valence-electron chi connectivity index (χ0n) is 15.0. The second-order valence-electron chi connectivity index (χ2n) is 7.50. The molecular formula is C22H29N3. The fourth-order valence-electron chi connectivity index (χ4n) is 4.59. The molecular weight excluding hydrogens is 306 g/mol. The lowest BCUT2D eigenvalue weighted by atomic mass is 9.98. The minimum absolute atomic E-state index is 0.602. The second-order valence-corrected chi connectivity index (χ2v) is 7.50. The Bertz CT molecular complexity index is 685. The quantitative estimate of drug-likeness (QED) is 0.906. The van der Waals surface area contributed by atoms with Crippen LogP contribution in [0.4, 0.5) is 5.69 Å². The molecule has 25 heavy (non-hydrogen) atoms. The van der Waals surface area contributed by atoms with Gasteiger partial charge in [-0.1, -0.05) is 48.5 Å². The molecule has 0 aliphatic carbocycles. The van der Waals surface area contributed by atoms with Gasteiger partial charge in [-0.25, -0.2) is 0 Å². The average Bonchev–Trinajstić information content (AvgIpc) is 3.02. The highest BCUT2D eigenvalue weighted by Crippen LogP contribution is 2.40. The summed E-state index contributed by atoms with van der Waals surface area (Å²) in [6.45, 7) is 5.36. The number of benzene rings is 2. The highest BCUT2D eigenvalue weighted by molar-refractivity contribution is 5.61. The van der Waals surface area contributed by atoms with Crippen molar-refractivity contribution in [3.05, 3.63) is 65.7 Å². The van der Waals surface area contributed by atoms with E-state index in [1.54, 1.807) is 0 Å². The molecule has 0 spiro atoms. The van der Waals surface area contributed by atoms with Crippen molar-refractivity contribution in [1.29, 1.82) is 0 Å². The van der Waals surface area contributed by atoms with Gasteiger partial charge in [0.15, 0.2) is 0 Å². The predicted molar refractivity (Wildman–Crippen MR) is 105 cm³/mol. The summed E-state index contributed by atoms with van der Waals surface area (Å²) in [5, 5.41) is 0. The third-order valence-corrected chi connectivity index (χ3v) is 5.79. The summed E-state index contributed by atoms with van der Waals surface area (Å²) in [7, 11) is 0. The van der Waals surface area contributed by atoms with Crippen molar-refractivity contribution in [2.24, 2.45) is 5.73 Å². The number of nitrogens with two attached hydrogens (primary N) is 1. The first-order valence-corrected chi connectivity index (χ1v) is 9.67. The van der Waals surface area contributed by atoms with Crippen LogP contribution in [0.3, 0.4) is 0 Å². The molecule has 2 aromatic carbocycles. The summed E-state index contributed by atoms with van der Waals surface area (Å²) >= 11 is 0. The van der Waals surface area contributed by atoms with Gasteiger partial charge < -0.3 is 10.6 Å². The van der Waals surface area contributed by atoms with E-state index in [0.29, 0.717) is 12.0 Å². The van der Waals surface area contributed by atoms with Crippen LogP contribution in [0.25, 0.3) is 0 Å². The van der Waals surface area contributed by atoms with Gasteiger partial charge in [0.1, 0.15) is 0 Å². The first-order chi connectivity index (χ1) is 12.3. The van der Waals surface area contributed by atoms with E-state index < -0.39 is 0 Å². The summed E-state index contributed by atoms with van der Waals surface area (Å²) in [6, 6.07) is 20.5. The number of anilines is 1. The van der Waals surface area contributed by atoms with Crippen LogP contribution in [0.15, 0.2) is 54.6 Å². The molecule has 2 aliphatic heterocycles. The standard InChI is InChI=1S/C22H29N3/c23-13-12-19-16-25(22-11-5-4-10-21(19)22)20-9-6-14-24(17-20)15-18-7-2-1-3-8-18/h1-5,7-8,10-11,19-20H,6,9,12-17,23H2. The molecule has 0 bridgehead atoms. The molecule has 3 heteroatoms. The Morgan fingerprint density at radius 2 is 1.76 bits per heavy atom. The lowest BCUT2D eigenvalue weighted by Crippen LogP contribution is -2.47. The van der Waals surface area contributed by atoms with Crippen molar-refractivity contribution in [3.8, 4) is 0 Å². The van der Waals surface area contributed by atoms with Crippen LogP contribution in [-0.2, 0) is 6.54 Å². The maximum atomic E-state index is 5.87. The maximum absolute atomic E-state index is 5.87. The molecule has 0 amide bonds. The summed E-state index contributed by atoms with van der Waals surface area (Å²) in [5.41, 5.74) is 10.3. The zero-order chi connectivity index (χ0) is 17.1. The van der Waals surface area contributed by atoms with Gasteiger partial charge in [0.05, 0.1) is 0 Å². The number of hydrogen-bond donors (Lipinski definition) is 1.